The molecule has 162 valence electrons. The lowest BCUT2D eigenvalue weighted by atomic mass is 9.97. The SMILES string of the molecule is Cc1c(CN2CCSCC2)cccc1NC(=O)C(C)N1C(=O)NC2(CCCC2)C1=O. The van der Waals surface area contributed by atoms with Crippen LogP contribution in [-0.2, 0) is 16.1 Å². The molecule has 2 N–H and O–H groups in total. The van der Waals surface area contributed by atoms with E-state index in [2.05, 4.69) is 21.6 Å². The van der Waals surface area contributed by atoms with Gasteiger partial charge >= 0.3 is 6.03 Å². The fourth-order valence-electron chi connectivity index (χ4n) is 4.66. The van der Waals surface area contributed by atoms with Crippen molar-refractivity contribution >= 4 is 35.3 Å². The molecule has 0 bridgehead atoms. The lowest BCUT2D eigenvalue weighted by Gasteiger charge is -2.27. The van der Waals surface area contributed by atoms with Gasteiger partial charge in [0.1, 0.15) is 11.6 Å². The quantitative estimate of drug-likeness (QED) is 0.702. The second-order valence-corrected chi connectivity index (χ2v) is 9.76. The average molecular weight is 431 g/mol. The van der Waals surface area contributed by atoms with E-state index in [-0.39, 0.29) is 11.8 Å². The predicted molar refractivity (Wildman–Crippen MR) is 118 cm³/mol. The van der Waals surface area contributed by atoms with Crippen LogP contribution in [0.5, 0.6) is 0 Å². The van der Waals surface area contributed by atoms with E-state index in [1.54, 1.807) is 6.92 Å². The van der Waals surface area contributed by atoms with Gasteiger partial charge in [-0.25, -0.2) is 9.69 Å². The highest BCUT2D eigenvalue weighted by molar-refractivity contribution is 7.99. The van der Waals surface area contributed by atoms with Crippen molar-refractivity contribution < 1.29 is 14.4 Å². The highest BCUT2D eigenvalue weighted by atomic mass is 32.2. The number of imide groups is 1. The molecule has 4 rings (SSSR count). The highest BCUT2D eigenvalue weighted by Gasteiger charge is 2.54. The highest BCUT2D eigenvalue weighted by Crippen LogP contribution is 2.36. The predicted octanol–water partition coefficient (Wildman–Crippen LogP) is 2.74. The van der Waals surface area contributed by atoms with Crippen LogP contribution in [0.1, 0.15) is 43.7 Å². The summed E-state index contributed by atoms with van der Waals surface area (Å²) in [7, 11) is 0. The van der Waals surface area contributed by atoms with Gasteiger partial charge in [0.05, 0.1) is 0 Å². The standard InChI is InChI=1S/C22H30N4O3S/c1-15-17(14-25-10-12-30-13-11-25)6-5-7-18(15)23-19(27)16(2)26-20(28)22(24-21(26)29)8-3-4-9-22/h5-7,16H,3-4,8-14H2,1-2H3,(H,23,27)(H,24,29). The van der Waals surface area contributed by atoms with Crippen LogP contribution < -0.4 is 10.6 Å². The van der Waals surface area contributed by atoms with Crippen LogP contribution in [0, 0.1) is 6.92 Å². The number of thioether (sulfide) groups is 1. The first-order chi connectivity index (χ1) is 14.4. The molecule has 0 radical (unpaired) electrons. The molecular weight excluding hydrogens is 400 g/mol. The Morgan fingerprint density at radius 1 is 1.23 bits per heavy atom. The zero-order valence-corrected chi connectivity index (χ0v) is 18.5. The fraction of sp³-hybridized carbons (Fsp3) is 0.591. The lowest BCUT2D eigenvalue weighted by molar-refractivity contribution is -0.136. The molecule has 2 aliphatic heterocycles. The topological polar surface area (TPSA) is 81.8 Å². The van der Waals surface area contributed by atoms with Crippen LogP contribution in [-0.4, -0.2) is 63.8 Å². The number of rotatable bonds is 5. The number of anilines is 1. The number of urea groups is 1. The van der Waals surface area contributed by atoms with Crippen LogP contribution in [0.4, 0.5) is 10.5 Å². The summed E-state index contributed by atoms with van der Waals surface area (Å²) >= 11 is 1.98. The molecule has 30 heavy (non-hydrogen) atoms. The van der Waals surface area contributed by atoms with Crippen molar-refractivity contribution in [2.75, 3.05) is 29.9 Å². The van der Waals surface area contributed by atoms with Crippen molar-refractivity contribution in [2.45, 2.75) is 57.7 Å². The van der Waals surface area contributed by atoms with Crippen molar-refractivity contribution in [3.63, 3.8) is 0 Å². The van der Waals surface area contributed by atoms with Gasteiger partial charge in [-0.1, -0.05) is 25.0 Å². The minimum Gasteiger partial charge on any atom is -0.324 e. The lowest BCUT2D eigenvalue weighted by Crippen LogP contribution is -2.48. The minimum atomic E-state index is -0.861. The Morgan fingerprint density at radius 2 is 1.93 bits per heavy atom. The molecule has 1 spiro atoms. The molecule has 1 aromatic carbocycles. The zero-order chi connectivity index (χ0) is 21.3. The fourth-order valence-corrected chi connectivity index (χ4v) is 5.63. The van der Waals surface area contributed by atoms with Gasteiger partial charge in [-0.3, -0.25) is 14.5 Å². The van der Waals surface area contributed by atoms with E-state index in [1.165, 1.54) is 5.56 Å². The molecule has 1 aromatic rings. The Bertz CT molecular complexity index is 847. The summed E-state index contributed by atoms with van der Waals surface area (Å²) in [5.74, 6) is 1.70. The first-order valence-corrected chi connectivity index (χ1v) is 11.9. The Morgan fingerprint density at radius 3 is 2.63 bits per heavy atom. The van der Waals surface area contributed by atoms with E-state index in [9.17, 15) is 14.4 Å². The molecule has 0 aromatic heterocycles. The molecule has 1 atom stereocenters. The van der Waals surface area contributed by atoms with Crippen LogP contribution in [0.15, 0.2) is 18.2 Å². The number of hydrogen-bond donors (Lipinski definition) is 2. The third kappa shape index (κ3) is 3.95. The van der Waals surface area contributed by atoms with Crippen LogP contribution in [0.25, 0.3) is 0 Å². The first-order valence-electron chi connectivity index (χ1n) is 10.8. The van der Waals surface area contributed by atoms with E-state index in [4.69, 9.17) is 0 Å². The summed E-state index contributed by atoms with van der Waals surface area (Å²) in [4.78, 5) is 41.9. The second kappa shape index (κ2) is 8.59. The Kier molecular flexibility index (Phi) is 6.06. The number of amides is 4. The number of nitrogens with zero attached hydrogens (tertiary/aromatic N) is 2. The number of carbonyl (C=O) groups is 3. The number of carbonyl (C=O) groups excluding carboxylic acids is 3. The molecule has 1 unspecified atom stereocenters. The largest absolute Gasteiger partial charge is 0.325 e. The average Bonchev–Trinajstić information content (AvgIpc) is 3.30. The van der Waals surface area contributed by atoms with Gasteiger partial charge in [-0.2, -0.15) is 11.8 Å². The third-order valence-corrected chi connectivity index (χ3v) is 7.56. The summed E-state index contributed by atoms with van der Waals surface area (Å²) < 4.78 is 0. The Labute approximate surface area is 181 Å². The summed E-state index contributed by atoms with van der Waals surface area (Å²) in [5, 5.41) is 5.79. The molecule has 2 heterocycles. The summed E-state index contributed by atoms with van der Waals surface area (Å²) in [6.07, 6.45) is 3.14. The van der Waals surface area contributed by atoms with Gasteiger partial charge in [0.15, 0.2) is 0 Å². The molecule has 8 heteroatoms. The van der Waals surface area contributed by atoms with Gasteiger partial charge < -0.3 is 10.6 Å². The van der Waals surface area contributed by atoms with Crippen molar-refractivity contribution in [1.29, 1.82) is 0 Å². The van der Waals surface area contributed by atoms with Gasteiger partial charge in [-0.05, 0) is 43.9 Å². The second-order valence-electron chi connectivity index (χ2n) is 8.54. The third-order valence-electron chi connectivity index (χ3n) is 6.62. The maximum absolute atomic E-state index is 12.9. The smallest absolute Gasteiger partial charge is 0.324 e. The van der Waals surface area contributed by atoms with Crippen molar-refractivity contribution in [1.82, 2.24) is 15.1 Å². The first kappa shape index (κ1) is 21.2. The van der Waals surface area contributed by atoms with Crippen molar-refractivity contribution in [2.24, 2.45) is 0 Å². The summed E-state index contributed by atoms with van der Waals surface area (Å²) in [6, 6.07) is 4.59. The monoisotopic (exact) mass is 430 g/mol. The van der Waals surface area contributed by atoms with E-state index in [1.807, 2.05) is 30.8 Å². The molecule has 1 aliphatic carbocycles. The molecule has 3 aliphatic rings. The van der Waals surface area contributed by atoms with Crippen LogP contribution in [0.2, 0.25) is 0 Å². The van der Waals surface area contributed by atoms with Gasteiger partial charge in [-0.15, -0.1) is 0 Å². The number of benzene rings is 1. The van der Waals surface area contributed by atoms with Gasteiger partial charge in [0, 0.05) is 36.8 Å². The Balaban J connectivity index is 1.45. The van der Waals surface area contributed by atoms with Crippen LogP contribution in [0.3, 0.4) is 0 Å². The van der Waals surface area contributed by atoms with E-state index in [0.29, 0.717) is 12.8 Å². The molecular formula is C22H30N4O3S. The summed E-state index contributed by atoms with van der Waals surface area (Å²) in [5.41, 5.74) is 2.15. The van der Waals surface area contributed by atoms with Crippen LogP contribution >= 0.6 is 11.8 Å². The zero-order valence-electron chi connectivity index (χ0n) is 17.7. The van der Waals surface area contributed by atoms with Crippen molar-refractivity contribution in [3.8, 4) is 0 Å². The van der Waals surface area contributed by atoms with E-state index >= 15 is 0 Å². The maximum atomic E-state index is 12.9. The molecule has 7 nitrogen and oxygen atoms in total. The summed E-state index contributed by atoms with van der Waals surface area (Å²) in [6.45, 7) is 6.64. The van der Waals surface area contributed by atoms with Gasteiger partial charge in [0.2, 0.25) is 5.91 Å². The van der Waals surface area contributed by atoms with Crippen molar-refractivity contribution in [3.05, 3.63) is 29.3 Å². The number of hydrogen-bond acceptors (Lipinski definition) is 5. The van der Waals surface area contributed by atoms with E-state index in [0.717, 1.165) is 60.1 Å². The molecule has 1 saturated carbocycles. The van der Waals surface area contributed by atoms with E-state index < -0.39 is 17.6 Å². The minimum absolute atomic E-state index is 0.263. The van der Waals surface area contributed by atoms with Gasteiger partial charge in [0.25, 0.3) is 5.91 Å². The number of nitrogens with one attached hydrogen (secondary N) is 2. The molecule has 2 saturated heterocycles. The molecule has 4 amide bonds. The normalized spacial score (nSPS) is 22.4. The molecule has 3 fully saturated rings. The Hall–Kier alpha value is -2.06. The maximum Gasteiger partial charge on any atom is 0.325 e.